The van der Waals surface area contributed by atoms with E-state index >= 15 is 0 Å². The molecule has 0 aliphatic rings. The van der Waals surface area contributed by atoms with Crippen LogP contribution in [0.4, 0.5) is 0 Å². The van der Waals surface area contributed by atoms with E-state index in [0.29, 0.717) is 0 Å². The van der Waals surface area contributed by atoms with Crippen LogP contribution in [-0.4, -0.2) is 65.7 Å². The molecule has 0 saturated heterocycles. The third-order valence-corrected chi connectivity index (χ3v) is 0. The Balaban J connectivity index is -0.00000000522. The number of hydrogen-bond acceptors (Lipinski definition) is 17. The Hall–Kier alpha value is 0.267. The molecule has 0 aromatic carbocycles. The zero-order valence-corrected chi connectivity index (χ0v) is 20.5. The molecule has 0 aromatic heterocycles. The van der Waals surface area contributed by atoms with E-state index in [1.807, 2.05) is 0 Å². The van der Waals surface area contributed by atoms with Crippen molar-refractivity contribution in [2.24, 2.45) is 0 Å². The van der Waals surface area contributed by atoms with Crippen molar-refractivity contribution in [2.75, 3.05) is 0 Å². The van der Waals surface area contributed by atoms with E-state index in [1.54, 1.807) is 0 Å². The summed E-state index contributed by atoms with van der Waals surface area (Å²) in [6.07, 6.45) is 0. The quantitative estimate of drug-likeness (QED) is 0.0925. The molecule has 28 heavy (non-hydrogen) atoms. The van der Waals surface area contributed by atoms with E-state index in [2.05, 4.69) is 0 Å². The van der Waals surface area contributed by atoms with Gasteiger partial charge >= 0.3 is 80.5 Å². The van der Waals surface area contributed by atoms with Crippen LogP contribution in [0.2, 0.25) is 0 Å². The summed E-state index contributed by atoms with van der Waals surface area (Å²) in [7, 11) is 0. The molecule has 0 rings (SSSR count). The van der Waals surface area contributed by atoms with E-state index < -0.39 is 52.0 Å². The van der Waals surface area contributed by atoms with Gasteiger partial charge in [0.05, 0.1) is 0 Å². The standard InChI is InChI=1S/3CH4.3CH3.5H2O2.3H2O.6O.3Re/c;;;;;;5*1-2;;;;;;;;;;;;/h3*1H4;3*1H3;5*1-2H;3*1H2;;;;;;;;;/q;;;3*-1;;;;;;;;;;;;;;;;2*+1/p-3. The molecule has 197 valence electrons. The molecule has 0 radical (unpaired) electrons. The van der Waals surface area contributed by atoms with Gasteiger partial charge in [0, 0.05) is 0 Å². The van der Waals surface area contributed by atoms with Crippen molar-refractivity contribution >= 4 is 0 Å². The topological polar surface area (TPSA) is 375 Å². The Kier molecular flexibility index (Phi) is 1520. The first kappa shape index (κ1) is 119. The van der Waals surface area contributed by atoms with Crippen molar-refractivity contribution in [1.29, 1.82) is 0 Å². The first-order chi connectivity index (χ1) is 9.88. The van der Waals surface area contributed by atoms with Crippen molar-refractivity contribution in [3.8, 4) is 0 Å². The van der Waals surface area contributed by atoms with Crippen LogP contribution in [0.25, 0.3) is 0 Å². The first-order valence-corrected chi connectivity index (χ1v) is 11.3. The molecule has 0 atom stereocenters. The SMILES string of the molecule is C.C.C.OO.OO.OO.OO.OO.[CH3-].[CH3-].[CH3-].[OH-].[O]=[Re](=[O])=[O].[O]=[Re](=[O])[OH].[O]=[Re][OH]. The molecule has 0 fully saturated rings. The molecule has 0 aliphatic carbocycles. The molecule has 0 spiro atoms. The van der Waals surface area contributed by atoms with Crippen LogP contribution < -0.4 is 0 Å². The molecule has 13 N–H and O–H groups in total. The second kappa shape index (κ2) is 356. The number of rotatable bonds is 0. The summed E-state index contributed by atoms with van der Waals surface area (Å²) < 4.78 is 66.2. The van der Waals surface area contributed by atoms with Crippen molar-refractivity contribution in [3.05, 3.63) is 22.3 Å². The fraction of sp³-hybridized carbons (Fsp3) is 0.500. The van der Waals surface area contributed by atoms with Crippen molar-refractivity contribution in [2.45, 2.75) is 22.3 Å². The molecule has 0 saturated carbocycles. The van der Waals surface area contributed by atoms with Crippen LogP contribution in [-0.2, 0) is 72.8 Å². The normalized spacial score (nSPS) is 3.75. The van der Waals surface area contributed by atoms with Gasteiger partial charge in [0.15, 0.2) is 0 Å². The van der Waals surface area contributed by atoms with Crippen LogP contribution in [0.1, 0.15) is 22.3 Å². The Morgan fingerprint density at radius 3 is 0.536 bits per heavy atom. The molecule has 0 heterocycles. The predicted molar refractivity (Wildman–Crippen MR) is 76.2 cm³/mol. The predicted octanol–water partition coefficient (Wildman–Crippen LogP) is 1.34. The third kappa shape index (κ3) is 235000. The van der Waals surface area contributed by atoms with Gasteiger partial charge in [0.2, 0.25) is 0 Å². The summed E-state index contributed by atoms with van der Waals surface area (Å²) in [5, 5.41) is 60.0. The van der Waals surface area contributed by atoms with Crippen LogP contribution in [0.15, 0.2) is 0 Å². The monoisotopic (exact) mass is 971 g/mol. The molecule has 0 aromatic rings. The van der Waals surface area contributed by atoms with Gasteiger partial charge in [-0.25, -0.2) is 0 Å². The minimum atomic E-state index is -4.21. The summed E-state index contributed by atoms with van der Waals surface area (Å²) in [5.74, 6) is 0. The molecule has 19 nitrogen and oxygen atoms in total. The molecule has 22 heteroatoms. The third-order valence-electron chi connectivity index (χ3n) is 0. The van der Waals surface area contributed by atoms with Gasteiger partial charge < -0.3 is 27.8 Å². The van der Waals surface area contributed by atoms with Crippen molar-refractivity contribution < 1.29 is 139 Å². The van der Waals surface area contributed by atoms with Crippen molar-refractivity contribution in [1.82, 2.24) is 0 Å². The molecule has 0 bridgehead atoms. The average Bonchev–Trinajstić information content (AvgIpc) is 2.49. The second-order valence-electron chi connectivity index (χ2n) is 0.459. The Bertz CT molecular complexity index is 235. The summed E-state index contributed by atoms with van der Waals surface area (Å²) >= 11 is -10.1. The van der Waals surface area contributed by atoms with E-state index in [4.69, 9.17) is 81.0 Å². The van der Waals surface area contributed by atoms with E-state index in [1.165, 1.54) is 0 Å². The molecular formula is C6H34O19Re3-4. The van der Waals surface area contributed by atoms with Gasteiger partial charge in [-0.1, -0.05) is 22.3 Å². The fourth-order valence-corrected chi connectivity index (χ4v) is 0. The van der Waals surface area contributed by atoms with Gasteiger partial charge in [-0.3, -0.25) is 52.6 Å². The Labute approximate surface area is 182 Å². The first-order valence-electron chi connectivity index (χ1n) is 2.26. The Morgan fingerprint density at radius 1 is 0.536 bits per heavy atom. The second-order valence-corrected chi connectivity index (χ2v) is 3.76. The maximum absolute atomic E-state index is 8.71. The maximum atomic E-state index is 8.71. The van der Waals surface area contributed by atoms with Crippen LogP contribution in [0.3, 0.4) is 0 Å². The fourth-order valence-electron chi connectivity index (χ4n) is 0. The molecular weight excluding hydrogens is 935 g/mol. The van der Waals surface area contributed by atoms with Gasteiger partial charge in [-0.15, -0.1) is 0 Å². The van der Waals surface area contributed by atoms with Gasteiger partial charge in [0.1, 0.15) is 0 Å². The van der Waals surface area contributed by atoms with Crippen LogP contribution >= 0.6 is 0 Å². The minimum absolute atomic E-state index is 0. The summed E-state index contributed by atoms with van der Waals surface area (Å²) in [6, 6.07) is 0. The average molecular weight is 969 g/mol. The summed E-state index contributed by atoms with van der Waals surface area (Å²) in [4.78, 5) is 0. The van der Waals surface area contributed by atoms with Gasteiger partial charge in [-0.2, -0.15) is 0 Å². The van der Waals surface area contributed by atoms with E-state index in [9.17, 15) is 0 Å². The molecule has 0 unspecified atom stereocenters. The molecule has 0 aliphatic heterocycles. The zero-order chi connectivity index (χ0) is 19.9. The van der Waals surface area contributed by atoms with E-state index in [-0.39, 0.29) is 50.0 Å². The van der Waals surface area contributed by atoms with E-state index in [0.717, 1.165) is 0 Å². The van der Waals surface area contributed by atoms with Crippen LogP contribution in [0, 0.1) is 22.3 Å². The number of hydrogen-bond donors (Lipinski definition) is 12. The van der Waals surface area contributed by atoms with Gasteiger partial charge in [0.25, 0.3) is 0 Å². The van der Waals surface area contributed by atoms with Crippen molar-refractivity contribution in [3.63, 3.8) is 0 Å². The Morgan fingerprint density at radius 2 is 0.536 bits per heavy atom. The zero-order valence-electron chi connectivity index (χ0n) is 12.4. The van der Waals surface area contributed by atoms with Crippen LogP contribution in [0.5, 0.6) is 0 Å². The summed E-state index contributed by atoms with van der Waals surface area (Å²) in [6.45, 7) is 0. The molecule has 0 amide bonds. The van der Waals surface area contributed by atoms with Gasteiger partial charge in [-0.05, 0) is 0 Å². The summed E-state index contributed by atoms with van der Waals surface area (Å²) in [5.41, 5.74) is 0.